The van der Waals surface area contributed by atoms with Crippen LogP contribution in [0.2, 0.25) is 10.0 Å². The minimum absolute atomic E-state index is 0.111. The second-order valence-electron chi connectivity index (χ2n) is 6.59. The van der Waals surface area contributed by atoms with E-state index >= 15 is 0 Å². The maximum Gasteiger partial charge on any atom is 0.250 e. The second-order valence-corrected chi connectivity index (χ2v) is 8.37. The monoisotopic (exact) mass is 481 g/mol. The highest BCUT2D eigenvalue weighted by Crippen LogP contribution is 2.28. The van der Waals surface area contributed by atoms with Crippen molar-refractivity contribution in [3.8, 4) is 17.1 Å². The summed E-state index contributed by atoms with van der Waals surface area (Å²) < 4.78 is 1.90. The zero-order valence-electron chi connectivity index (χ0n) is 16.7. The summed E-state index contributed by atoms with van der Waals surface area (Å²) in [5, 5.41) is 14.4. The Morgan fingerprint density at radius 3 is 2.44 bits per heavy atom. The van der Waals surface area contributed by atoms with E-state index in [9.17, 15) is 4.79 Å². The highest BCUT2D eigenvalue weighted by molar-refractivity contribution is 7.99. The summed E-state index contributed by atoms with van der Waals surface area (Å²) in [6.45, 7) is 0. The average Bonchev–Trinajstić information content (AvgIpc) is 3.24. The molecule has 4 aromatic rings. The van der Waals surface area contributed by atoms with Crippen LogP contribution in [0.4, 0.5) is 0 Å². The van der Waals surface area contributed by atoms with Gasteiger partial charge in [0.2, 0.25) is 0 Å². The van der Waals surface area contributed by atoms with E-state index in [1.165, 1.54) is 18.0 Å². The number of amides is 1. The summed E-state index contributed by atoms with van der Waals surface area (Å²) in [5.74, 6) is 0.512. The van der Waals surface area contributed by atoms with Gasteiger partial charge in [0.25, 0.3) is 5.91 Å². The number of hydrogen-bond acceptors (Lipinski definition) is 5. The van der Waals surface area contributed by atoms with Crippen LogP contribution >= 0.6 is 35.0 Å². The van der Waals surface area contributed by atoms with E-state index in [1.54, 1.807) is 18.2 Å². The smallest absolute Gasteiger partial charge is 0.250 e. The van der Waals surface area contributed by atoms with Gasteiger partial charge in [-0.25, -0.2) is 5.43 Å². The molecule has 0 bridgehead atoms. The standard InChI is InChI=1S/C23H17Cl2N5OS/c24-18-10-12-19(13-11-18)30-22(16-6-2-1-3-7-16)28-29-23(30)32-15-21(31)27-26-14-17-8-4-5-9-20(17)25/h1-14H,15H2,(H,27,31)/b26-14-. The Morgan fingerprint density at radius 2 is 1.69 bits per heavy atom. The summed E-state index contributed by atoms with van der Waals surface area (Å²) in [4.78, 5) is 12.3. The van der Waals surface area contributed by atoms with Crippen LogP contribution < -0.4 is 5.43 Å². The molecule has 1 aromatic heterocycles. The van der Waals surface area contributed by atoms with Gasteiger partial charge in [-0.05, 0) is 30.3 Å². The lowest BCUT2D eigenvalue weighted by atomic mass is 10.2. The Kier molecular flexibility index (Phi) is 7.21. The Morgan fingerprint density at radius 1 is 0.969 bits per heavy atom. The number of carbonyl (C=O) groups is 1. The Balaban J connectivity index is 1.51. The van der Waals surface area contributed by atoms with E-state index in [2.05, 4.69) is 20.7 Å². The number of carbonyl (C=O) groups excluding carboxylic acids is 1. The lowest BCUT2D eigenvalue weighted by Crippen LogP contribution is -2.20. The van der Waals surface area contributed by atoms with E-state index in [0.717, 1.165) is 16.8 Å². The first kappa shape index (κ1) is 22.1. The molecule has 0 aliphatic heterocycles. The summed E-state index contributed by atoms with van der Waals surface area (Å²) >= 11 is 13.4. The van der Waals surface area contributed by atoms with Gasteiger partial charge >= 0.3 is 0 Å². The van der Waals surface area contributed by atoms with Gasteiger partial charge in [0.1, 0.15) is 0 Å². The number of nitrogens with zero attached hydrogens (tertiary/aromatic N) is 4. The van der Waals surface area contributed by atoms with Gasteiger partial charge in [0.15, 0.2) is 11.0 Å². The highest BCUT2D eigenvalue weighted by Gasteiger charge is 2.17. The molecule has 160 valence electrons. The van der Waals surface area contributed by atoms with Crippen molar-refractivity contribution in [2.24, 2.45) is 5.10 Å². The SMILES string of the molecule is O=C(CSc1nnc(-c2ccccc2)n1-c1ccc(Cl)cc1)N/N=C\c1ccccc1Cl. The summed E-state index contributed by atoms with van der Waals surface area (Å²) in [7, 11) is 0. The predicted octanol–water partition coefficient (Wildman–Crippen LogP) is 5.48. The fourth-order valence-electron chi connectivity index (χ4n) is 2.88. The van der Waals surface area contributed by atoms with Crippen molar-refractivity contribution in [3.63, 3.8) is 0 Å². The maximum atomic E-state index is 12.3. The van der Waals surface area contributed by atoms with Crippen LogP contribution in [-0.4, -0.2) is 32.6 Å². The lowest BCUT2D eigenvalue weighted by Gasteiger charge is -2.10. The van der Waals surface area contributed by atoms with Crippen LogP contribution in [0.3, 0.4) is 0 Å². The van der Waals surface area contributed by atoms with Crippen LogP contribution in [0, 0.1) is 0 Å². The first-order valence-corrected chi connectivity index (χ1v) is 11.3. The summed E-state index contributed by atoms with van der Waals surface area (Å²) in [6.07, 6.45) is 1.51. The first-order chi connectivity index (χ1) is 15.6. The van der Waals surface area contributed by atoms with Gasteiger partial charge in [0.05, 0.1) is 12.0 Å². The molecule has 0 atom stereocenters. The molecule has 0 saturated carbocycles. The topological polar surface area (TPSA) is 72.2 Å². The zero-order chi connectivity index (χ0) is 22.3. The quantitative estimate of drug-likeness (QED) is 0.215. The number of halogens is 2. The molecule has 3 aromatic carbocycles. The molecular formula is C23H17Cl2N5OS. The minimum atomic E-state index is -0.273. The van der Waals surface area contributed by atoms with Crippen LogP contribution in [0.5, 0.6) is 0 Å². The van der Waals surface area contributed by atoms with Crippen molar-refractivity contribution in [3.05, 3.63) is 94.5 Å². The second kappa shape index (κ2) is 10.5. The maximum absolute atomic E-state index is 12.3. The number of rotatable bonds is 7. The van der Waals surface area contributed by atoms with E-state index in [-0.39, 0.29) is 11.7 Å². The molecule has 0 unspecified atom stereocenters. The van der Waals surface area contributed by atoms with Gasteiger partial charge in [-0.1, -0.05) is 83.5 Å². The van der Waals surface area contributed by atoms with Crippen molar-refractivity contribution in [2.75, 3.05) is 5.75 Å². The Labute approximate surface area is 199 Å². The fourth-order valence-corrected chi connectivity index (χ4v) is 3.93. The number of aromatic nitrogens is 3. The molecular weight excluding hydrogens is 465 g/mol. The summed E-state index contributed by atoms with van der Waals surface area (Å²) in [6, 6.07) is 24.4. The normalized spacial score (nSPS) is 11.1. The van der Waals surface area contributed by atoms with E-state index in [0.29, 0.717) is 21.0 Å². The number of hydrogen-bond donors (Lipinski definition) is 1. The molecule has 0 aliphatic carbocycles. The molecule has 0 radical (unpaired) electrons. The molecule has 1 heterocycles. The molecule has 1 amide bonds. The molecule has 6 nitrogen and oxygen atoms in total. The molecule has 32 heavy (non-hydrogen) atoms. The Bertz CT molecular complexity index is 1240. The van der Waals surface area contributed by atoms with Gasteiger partial charge in [0, 0.05) is 26.9 Å². The van der Waals surface area contributed by atoms with Gasteiger partial charge in [-0.15, -0.1) is 10.2 Å². The van der Waals surface area contributed by atoms with Crippen molar-refractivity contribution < 1.29 is 4.79 Å². The zero-order valence-corrected chi connectivity index (χ0v) is 19.0. The largest absolute Gasteiger partial charge is 0.272 e. The number of thioether (sulfide) groups is 1. The van der Waals surface area contributed by atoms with Crippen LogP contribution in [0.15, 0.2) is 89.1 Å². The fraction of sp³-hybridized carbons (Fsp3) is 0.0435. The lowest BCUT2D eigenvalue weighted by molar-refractivity contribution is -0.118. The number of nitrogens with one attached hydrogen (secondary N) is 1. The van der Waals surface area contributed by atoms with Crippen LogP contribution in [-0.2, 0) is 4.79 Å². The number of hydrazone groups is 1. The first-order valence-electron chi connectivity index (χ1n) is 9.58. The van der Waals surface area contributed by atoms with Crippen LogP contribution in [0.1, 0.15) is 5.56 Å². The van der Waals surface area contributed by atoms with E-state index in [1.807, 2.05) is 65.2 Å². The van der Waals surface area contributed by atoms with E-state index in [4.69, 9.17) is 23.2 Å². The molecule has 4 rings (SSSR count). The third-order valence-corrected chi connectivity index (χ3v) is 5.91. The predicted molar refractivity (Wildman–Crippen MR) is 130 cm³/mol. The van der Waals surface area contributed by atoms with Crippen molar-refractivity contribution in [1.29, 1.82) is 0 Å². The van der Waals surface area contributed by atoms with Crippen molar-refractivity contribution in [1.82, 2.24) is 20.2 Å². The minimum Gasteiger partial charge on any atom is -0.272 e. The van der Waals surface area contributed by atoms with Crippen molar-refractivity contribution >= 4 is 47.1 Å². The number of benzene rings is 3. The summed E-state index contributed by atoms with van der Waals surface area (Å²) in [5.41, 5.74) is 4.99. The third kappa shape index (κ3) is 5.37. The van der Waals surface area contributed by atoms with Gasteiger partial charge in [-0.2, -0.15) is 5.10 Å². The molecule has 0 spiro atoms. The third-order valence-electron chi connectivity index (χ3n) is 4.38. The Hall–Kier alpha value is -3.13. The molecule has 1 N–H and O–H groups in total. The van der Waals surface area contributed by atoms with Gasteiger partial charge in [-0.3, -0.25) is 9.36 Å². The molecule has 0 aliphatic rings. The highest BCUT2D eigenvalue weighted by atomic mass is 35.5. The molecule has 9 heteroatoms. The van der Waals surface area contributed by atoms with E-state index < -0.39 is 0 Å². The van der Waals surface area contributed by atoms with Crippen molar-refractivity contribution in [2.45, 2.75) is 5.16 Å². The van der Waals surface area contributed by atoms with Crippen LogP contribution in [0.25, 0.3) is 17.1 Å². The molecule has 0 fully saturated rings. The molecule has 0 saturated heterocycles. The average molecular weight is 482 g/mol. The van der Waals surface area contributed by atoms with Gasteiger partial charge < -0.3 is 0 Å².